The molecule has 3 aromatic rings. The third-order valence-corrected chi connectivity index (χ3v) is 6.14. The van der Waals surface area contributed by atoms with Crippen molar-refractivity contribution < 1.29 is 4.79 Å². The molecule has 0 bridgehead atoms. The molecule has 0 saturated carbocycles. The van der Waals surface area contributed by atoms with E-state index in [0.717, 1.165) is 54.5 Å². The molecule has 6 heteroatoms. The van der Waals surface area contributed by atoms with Crippen molar-refractivity contribution in [2.75, 3.05) is 16.8 Å². The van der Waals surface area contributed by atoms with Crippen LogP contribution in [0.5, 0.6) is 0 Å². The lowest BCUT2D eigenvalue weighted by atomic mass is 10.1. The molecule has 2 aliphatic rings. The molecule has 1 N–H and O–H groups in total. The smallest absolute Gasteiger partial charge is 0.249 e. The van der Waals surface area contributed by atoms with Gasteiger partial charge in [0.05, 0.1) is 0 Å². The molecule has 0 spiro atoms. The van der Waals surface area contributed by atoms with Gasteiger partial charge in [-0.15, -0.1) is 10.2 Å². The molecule has 30 heavy (non-hydrogen) atoms. The standard InChI is InChI=1S/C24H27N5O/c1-17(24(30)28-15-13-18-8-4-5-11-21(18)28)25-20-10-7-9-19(16-20)23-27-26-22-12-3-2-6-14-29(22)23/h4-5,7-11,16-17,25H,2-3,6,12-15H2,1H3/t17-/m1/s1. The predicted octanol–water partition coefficient (Wildman–Crippen LogP) is 4.06. The van der Waals surface area contributed by atoms with Crippen molar-refractivity contribution in [2.45, 2.75) is 51.6 Å². The molecular formula is C24H27N5O. The number of fused-ring (bicyclic) bond motifs is 2. The Morgan fingerprint density at radius 1 is 1.00 bits per heavy atom. The van der Waals surface area contributed by atoms with Gasteiger partial charge in [0.15, 0.2) is 5.82 Å². The number of carbonyl (C=O) groups excluding carboxylic acids is 1. The number of para-hydroxylation sites is 1. The van der Waals surface area contributed by atoms with Crippen LogP contribution in [0.2, 0.25) is 0 Å². The number of nitrogens with zero attached hydrogens (tertiary/aromatic N) is 4. The summed E-state index contributed by atoms with van der Waals surface area (Å²) in [6, 6.07) is 16.0. The summed E-state index contributed by atoms with van der Waals surface area (Å²) in [7, 11) is 0. The van der Waals surface area contributed by atoms with Crippen molar-refractivity contribution in [1.82, 2.24) is 14.8 Å². The van der Waals surface area contributed by atoms with E-state index in [1.807, 2.05) is 42.2 Å². The van der Waals surface area contributed by atoms with Gasteiger partial charge in [0, 0.05) is 36.4 Å². The Balaban J connectivity index is 1.34. The first-order valence-corrected chi connectivity index (χ1v) is 10.9. The second-order valence-corrected chi connectivity index (χ2v) is 8.22. The quantitative estimate of drug-likeness (QED) is 0.716. The van der Waals surface area contributed by atoms with E-state index in [2.05, 4.69) is 38.3 Å². The summed E-state index contributed by atoms with van der Waals surface area (Å²) < 4.78 is 2.25. The molecule has 154 valence electrons. The highest BCUT2D eigenvalue weighted by Gasteiger charge is 2.27. The van der Waals surface area contributed by atoms with Gasteiger partial charge in [-0.05, 0) is 49.9 Å². The number of amides is 1. The highest BCUT2D eigenvalue weighted by Crippen LogP contribution is 2.29. The number of aryl methyl sites for hydroxylation is 1. The molecule has 0 radical (unpaired) electrons. The van der Waals surface area contributed by atoms with Crippen molar-refractivity contribution in [3.8, 4) is 11.4 Å². The Morgan fingerprint density at radius 2 is 1.90 bits per heavy atom. The minimum absolute atomic E-state index is 0.0988. The molecule has 1 atom stereocenters. The molecule has 0 fully saturated rings. The number of aromatic nitrogens is 3. The fourth-order valence-electron chi connectivity index (χ4n) is 4.56. The fraction of sp³-hybridized carbons (Fsp3) is 0.375. The van der Waals surface area contributed by atoms with Crippen molar-refractivity contribution in [3.63, 3.8) is 0 Å². The first-order valence-electron chi connectivity index (χ1n) is 10.9. The van der Waals surface area contributed by atoms with E-state index >= 15 is 0 Å². The van der Waals surface area contributed by atoms with Gasteiger partial charge in [-0.3, -0.25) is 4.79 Å². The lowest BCUT2D eigenvalue weighted by Crippen LogP contribution is -2.40. The predicted molar refractivity (Wildman–Crippen MR) is 119 cm³/mol. The number of hydrogen-bond acceptors (Lipinski definition) is 4. The summed E-state index contributed by atoms with van der Waals surface area (Å²) in [6.45, 7) is 3.65. The van der Waals surface area contributed by atoms with E-state index in [-0.39, 0.29) is 11.9 Å². The molecule has 0 unspecified atom stereocenters. The van der Waals surface area contributed by atoms with Gasteiger partial charge in [-0.1, -0.05) is 36.8 Å². The highest BCUT2D eigenvalue weighted by atomic mass is 16.2. The molecule has 1 amide bonds. The summed E-state index contributed by atoms with van der Waals surface area (Å²) in [5.41, 5.74) is 4.24. The number of rotatable bonds is 4. The maximum atomic E-state index is 13.1. The number of carbonyl (C=O) groups is 1. The van der Waals surface area contributed by atoms with Crippen molar-refractivity contribution >= 4 is 17.3 Å². The van der Waals surface area contributed by atoms with E-state index in [9.17, 15) is 4.79 Å². The minimum Gasteiger partial charge on any atom is -0.374 e. The molecule has 3 heterocycles. The van der Waals surface area contributed by atoms with E-state index in [4.69, 9.17) is 0 Å². The van der Waals surface area contributed by atoms with Gasteiger partial charge in [0.1, 0.15) is 11.9 Å². The van der Waals surface area contributed by atoms with E-state index in [1.165, 1.54) is 24.8 Å². The van der Waals surface area contributed by atoms with E-state index in [1.54, 1.807) is 0 Å². The van der Waals surface area contributed by atoms with Crippen LogP contribution < -0.4 is 10.2 Å². The largest absolute Gasteiger partial charge is 0.374 e. The van der Waals surface area contributed by atoms with Crippen LogP contribution in [-0.4, -0.2) is 33.3 Å². The van der Waals surface area contributed by atoms with Gasteiger partial charge in [-0.25, -0.2) is 0 Å². The van der Waals surface area contributed by atoms with Crippen LogP contribution >= 0.6 is 0 Å². The number of benzene rings is 2. The summed E-state index contributed by atoms with van der Waals surface area (Å²) in [6.07, 6.45) is 5.50. The van der Waals surface area contributed by atoms with E-state index in [0.29, 0.717) is 0 Å². The van der Waals surface area contributed by atoms with Gasteiger partial charge >= 0.3 is 0 Å². The second-order valence-electron chi connectivity index (χ2n) is 8.22. The Labute approximate surface area is 176 Å². The van der Waals surface area contributed by atoms with Crippen LogP contribution in [0, 0.1) is 0 Å². The first kappa shape index (κ1) is 18.9. The van der Waals surface area contributed by atoms with Crippen LogP contribution in [0.3, 0.4) is 0 Å². The maximum Gasteiger partial charge on any atom is 0.249 e. The summed E-state index contributed by atoms with van der Waals surface area (Å²) in [5, 5.41) is 12.3. The van der Waals surface area contributed by atoms with Crippen molar-refractivity contribution in [3.05, 3.63) is 59.9 Å². The third-order valence-electron chi connectivity index (χ3n) is 6.14. The summed E-state index contributed by atoms with van der Waals surface area (Å²) >= 11 is 0. The van der Waals surface area contributed by atoms with Crippen LogP contribution in [-0.2, 0) is 24.2 Å². The van der Waals surface area contributed by atoms with Gasteiger partial charge in [0.25, 0.3) is 0 Å². The Hall–Kier alpha value is -3.15. The number of anilines is 2. The van der Waals surface area contributed by atoms with Gasteiger partial charge < -0.3 is 14.8 Å². The highest BCUT2D eigenvalue weighted by molar-refractivity contribution is 6.00. The molecule has 0 saturated heterocycles. The monoisotopic (exact) mass is 401 g/mol. The zero-order chi connectivity index (χ0) is 20.5. The third kappa shape index (κ3) is 3.47. The normalized spacial score (nSPS) is 16.5. The average Bonchev–Trinajstić information content (AvgIpc) is 3.31. The van der Waals surface area contributed by atoms with Gasteiger partial charge in [0.2, 0.25) is 5.91 Å². The molecule has 2 aliphatic heterocycles. The zero-order valence-corrected chi connectivity index (χ0v) is 17.3. The summed E-state index contributed by atoms with van der Waals surface area (Å²) in [5.74, 6) is 2.10. The average molecular weight is 402 g/mol. The molecule has 6 nitrogen and oxygen atoms in total. The van der Waals surface area contributed by atoms with Crippen LogP contribution in [0.15, 0.2) is 48.5 Å². The van der Waals surface area contributed by atoms with Crippen LogP contribution in [0.4, 0.5) is 11.4 Å². The van der Waals surface area contributed by atoms with E-state index < -0.39 is 0 Å². The minimum atomic E-state index is -0.318. The molecule has 5 rings (SSSR count). The molecule has 2 aromatic carbocycles. The van der Waals surface area contributed by atoms with Crippen molar-refractivity contribution in [1.29, 1.82) is 0 Å². The molecular weight excluding hydrogens is 374 g/mol. The van der Waals surface area contributed by atoms with Crippen LogP contribution in [0.1, 0.15) is 37.6 Å². The fourth-order valence-corrected chi connectivity index (χ4v) is 4.56. The SMILES string of the molecule is C[C@@H](Nc1cccc(-c2nnc3n2CCCCC3)c1)C(=O)N1CCc2ccccc21. The Morgan fingerprint density at radius 3 is 2.83 bits per heavy atom. The maximum absolute atomic E-state index is 13.1. The zero-order valence-electron chi connectivity index (χ0n) is 17.3. The second kappa shape index (κ2) is 7.94. The lowest BCUT2D eigenvalue weighted by Gasteiger charge is -2.23. The first-order chi connectivity index (χ1) is 14.7. The van der Waals surface area contributed by atoms with Gasteiger partial charge in [-0.2, -0.15) is 0 Å². The number of hydrogen-bond donors (Lipinski definition) is 1. The number of nitrogens with one attached hydrogen (secondary N) is 1. The molecule has 1 aromatic heterocycles. The molecule has 0 aliphatic carbocycles. The van der Waals surface area contributed by atoms with Crippen LogP contribution in [0.25, 0.3) is 11.4 Å². The topological polar surface area (TPSA) is 63.1 Å². The Bertz CT molecular complexity index is 1070. The Kier molecular flexibility index (Phi) is 4.99. The lowest BCUT2D eigenvalue weighted by molar-refractivity contribution is -0.118. The summed E-state index contributed by atoms with van der Waals surface area (Å²) in [4.78, 5) is 15.0. The van der Waals surface area contributed by atoms with Crippen molar-refractivity contribution in [2.24, 2.45) is 0 Å².